The van der Waals surface area contributed by atoms with E-state index in [0.717, 1.165) is 0 Å². The monoisotopic (exact) mass is 331 g/mol. The van der Waals surface area contributed by atoms with Crippen molar-refractivity contribution in [2.24, 2.45) is 10.7 Å². The van der Waals surface area contributed by atoms with Gasteiger partial charge in [0, 0.05) is 0 Å². The summed E-state index contributed by atoms with van der Waals surface area (Å²) in [7, 11) is 0. The summed E-state index contributed by atoms with van der Waals surface area (Å²) in [6, 6.07) is 0. The molecule has 0 atom stereocenters. The van der Waals surface area contributed by atoms with E-state index in [1.165, 1.54) is 0 Å². The third-order valence-electron chi connectivity index (χ3n) is 1.98. The molecule has 2 amide bonds. The zero-order chi connectivity index (χ0) is 18.4. The van der Waals surface area contributed by atoms with Gasteiger partial charge in [-0.05, 0) is 41.5 Å². The molecule has 0 unspecified atom stereocenters. The van der Waals surface area contributed by atoms with Crippen molar-refractivity contribution in [3.8, 4) is 0 Å². The Morgan fingerprint density at radius 2 is 1.39 bits per heavy atom. The second-order valence-electron chi connectivity index (χ2n) is 6.68. The second kappa shape index (κ2) is 7.80. The topological polar surface area (TPSA) is 132 Å². The molecule has 0 heterocycles. The lowest BCUT2D eigenvalue weighted by molar-refractivity contribution is -0.136. The van der Waals surface area contributed by atoms with Crippen LogP contribution in [0, 0.1) is 0 Å². The molecule has 0 aliphatic carbocycles. The molecule has 0 radical (unpaired) electrons. The fourth-order valence-electron chi connectivity index (χ4n) is 1.21. The van der Waals surface area contributed by atoms with E-state index in [9.17, 15) is 14.4 Å². The highest BCUT2D eigenvalue weighted by molar-refractivity contribution is 6.07. The number of nitrogens with two attached hydrogens (primary N) is 1. The zero-order valence-electron chi connectivity index (χ0n) is 14.4. The first-order valence-electron chi connectivity index (χ1n) is 7.01. The molecule has 0 saturated heterocycles. The van der Waals surface area contributed by atoms with Crippen molar-refractivity contribution in [1.29, 1.82) is 0 Å². The van der Waals surface area contributed by atoms with Crippen LogP contribution in [-0.2, 0) is 14.3 Å². The van der Waals surface area contributed by atoms with E-state index < -0.39 is 35.3 Å². The first-order valence-corrected chi connectivity index (χ1v) is 7.01. The average Bonchev–Trinajstić information content (AvgIpc) is 2.22. The number of carbonyl (C=O) groups excluding carboxylic acids is 2. The predicted octanol–water partition coefficient (Wildman–Crippen LogP) is 1.95. The second-order valence-corrected chi connectivity index (χ2v) is 6.68. The predicted molar refractivity (Wildman–Crippen MR) is 83.0 cm³/mol. The number of aliphatic imine (C=N–C) groups is 1. The average molecular weight is 331 g/mol. The molecule has 0 aromatic rings. The summed E-state index contributed by atoms with van der Waals surface area (Å²) < 4.78 is 10.2. The highest BCUT2D eigenvalue weighted by Gasteiger charge is 2.33. The van der Waals surface area contributed by atoms with E-state index in [0.29, 0.717) is 4.90 Å². The summed E-state index contributed by atoms with van der Waals surface area (Å²) >= 11 is 0. The Kier molecular flexibility index (Phi) is 7.01. The van der Waals surface area contributed by atoms with E-state index in [1.807, 2.05) is 0 Å². The van der Waals surface area contributed by atoms with Crippen LogP contribution in [0.2, 0.25) is 0 Å². The highest BCUT2D eigenvalue weighted by atomic mass is 16.6. The lowest BCUT2D eigenvalue weighted by Gasteiger charge is -2.27. The number of hydrogen-bond donors (Lipinski definition) is 2. The van der Waals surface area contributed by atoms with Crippen molar-refractivity contribution in [3.63, 3.8) is 0 Å². The quantitative estimate of drug-likeness (QED) is 0.596. The van der Waals surface area contributed by atoms with Crippen LogP contribution in [0.25, 0.3) is 0 Å². The Morgan fingerprint density at radius 3 is 1.70 bits per heavy atom. The minimum absolute atomic E-state index is 0.191. The van der Waals surface area contributed by atoms with Crippen molar-refractivity contribution in [2.45, 2.75) is 59.2 Å². The van der Waals surface area contributed by atoms with Crippen LogP contribution >= 0.6 is 0 Å². The van der Waals surface area contributed by atoms with Crippen LogP contribution in [0.3, 0.4) is 0 Å². The van der Waals surface area contributed by atoms with E-state index in [-0.39, 0.29) is 13.0 Å². The van der Waals surface area contributed by atoms with E-state index in [4.69, 9.17) is 20.3 Å². The van der Waals surface area contributed by atoms with E-state index >= 15 is 0 Å². The van der Waals surface area contributed by atoms with Crippen LogP contribution in [-0.4, -0.2) is 51.9 Å². The number of imide groups is 1. The van der Waals surface area contributed by atoms with Gasteiger partial charge in [0.05, 0.1) is 13.0 Å². The summed E-state index contributed by atoms with van der Waals surface area (Å²) in [6.45, 7) is 9.53. The molecule has 0 aromatic heterocycles. The molecule has 0 aromatic carbocycles. The SMILES string of the molecule is CC(C)(C)OC(=O)N(C(=O)OC(C)(C)C)C(N)=NCCC(=O)O. The maximum absolute atomic E-state index is 12.2. The van der Waals surface area contributed by atoms with Crippen molar-refractivity contribution >= 4 is 24.1 Å². The zero-order valence-corrected chi connectivity index (χ0v) is 14.4. The van der Waals surface area contributed by atoms with Gasteiger partial charge in [-0.1, -0.05) is 0 Å². The molecule has 0 rings (SSSR count). The molecule has 0 spiro atoms. The fraction of sp³-hybridized carbons (Fsp3) is 0.714. The smallest absolute Gasteiger partial charge is 0.427 e. The number of nitrogens with zero attached hydrogens (tertiary/aromatic N) is 2. The lowest BCUT2D eigenvalue weighted by Crippen LogP contribution is -2.50. The lowest BCUT2D eigenvalue weighted by atomic mass is 10.2. The Balaban J connectivity index is 5.32. The summed E-state index contributed by atoms with van der Waals surface area (Å²) in [5.41, 5.74) is 3.90. The van der Waals surface area contributed by atoms with Gasteiger partial charge in [-0.2, -0.15) is 0 Å². The summed E-state index contributed by atoms with van der Waals surface area (Å²) in [5, 5.41) is 8.58. The van der Waals surface area contributed by atoms with Gasteiger partial charge in [-0.15, -0.1) is 4.90 Å². The third-order valence-corrected chi connectivity index (χ3v) is 1.98. The number of carbonyl (C=O) groups is 3. The molecule has 0 aliphatic rings. The van der Waals surface area contributed by atoms with Gasteiger partial charge in [0.2, 0.25) is 5.96 Å². The van der Waals surface area contributed by atoms with Gasteiger partial charge in [0.1, 0.15) is 11.2 Å². The van der Waals surface area contributed by atoms with Gasteiger partial charge in [-0.25, -0.2) is 9.59 Å². The molecule has 3 N–H and O–H groups in total. The van der Waals surface area contributed by atoms with Crippen molar-refractivity contribution in [3.05, 3.63) is 0 Å². The molecular weight excluding hydrogens is 306 g/mol. The standard InChI is InChI=1S/C14H25N3O6/c1-13(2,3)22-11(20)17(12(21)23-14(4,5)6)10(15)16-8-7-9(18)19/h7-8H2,1-6H3,(H2,15,16)(H,18,19). The van der Waals surface area contributed by atoms with Crippen molar-refractivity contribution in [1.82, 2.24) is 4.90 Å². The number of rotatable bonds is 3. The largest absolute Gasteiger partial charge is 0.481 e. The molecular formula is C14H25N3O6. The molecule has 132 valence electrons. The highest BCUT2D eigenvalue weighted by Crippen LogP contribution is 2.14. The Hall–Kier alpha value is -2.32. The Bertz CT molecular complexity index is 460. The van der Waals surface area contributed by atoms with Gasteiger partial charge < -0.3 is 20.3 Å². The van der Waals surface area contributed by atoms with Crippen molar-refractivity contribution < 1.29 is 29.0 Å². The minimum Gasteiger partial charge on any atom is -0.481 e. The maximum atomic E-state index is 12.2. The van der Waals surface area contributed by atoms with Crippen LogP contribution in [0.4, 0.5) is 9.59 Å². The summed E-state index contributed by atoms with van der Waals surface area (Å²) in [4.78, 5) is 38.9. The number of carboxylic acid groups (broad SMARTS) is 1. The maximum Gasteiger partial charge on any atom is 0.427 e. The number of amides is 2. The van der Waals surface area contributed by atoms with Crippen LogP contribution in [0.15, 0.2) is 4.99 Å². The number of aliphatic carboxylic acids is 1. The number of guanidine groups is 1. The fourth-order valence-corrected chi connectivity index (χ4v) is 1.21. The number of carboxylic acids is 1. The van der Waals surface area contributed by atoms with Crippen LogP contribution in [0.1, 0.15) is 48.0 Å². The minimum atomic E-state index is -1.08. The third kappa shape index (κ3) is 9.33. The summed E-state index contributed by atoms with van der Waals surface area (Å²) in [6.07, 6.45) is -2.40. The molecule has 0 fully saturated rings. The van der Waals surface area contributed by atoms with Gasteiger partial charge in [0.15, 0.2) is 0 Å². The molecule has 0 aliphatic heterocycles. The van der Waals surface area contributed by atoms with Gasteiger partial charge in [-0.3, -0.25) is 9.79 Å². The normalized spacial score (nSPS) is 12.5. The Labute approximate surface area is 135 Å². The van der Waals surface area contributed by atoms with Gasteiger partial charge in [0.25, 0.3) is 0 Å². The first-order chi connectivity index (χ1) is 10.2. The number of hydrogen-bond acceptors (Lipinski definition) is 6. The number of ether oxygens (including phenoxy) is 2. The van der Waals surface area contributed by atoms with E-state index in [1.54, 1.807) is 41.5 Å². The molecule has 0 saturated carbocycles. The molecule has 9 nitrogen and oxygen atoms in total. The Morgan fingerprint density at radius 1 is 1.00 bits per heavy atom. The van der Waals surface area contributed by atoms with Crippen LogP contribution < -0.4 is 5.73 Å². The first kappa shape index (κ1) is 20.7. The molecule has 0 bridgehead atoms. The van der Waals surface area contributed by atoms with Crippen LogP contribution in [0.5, 0.6) is 0 Å². The van der Waals surface area contributed by atoms with E-state index in [2.05, 4.69) is 4.99 Å². The van der Waals surface area contributed by atoms with Crippen molar-refractivity contribution in [2.75, 3.05) is 6.54 Å². The molecule has 23 heavy (non-hydrogen) atoms. The van der Waals surface area contributed by atoms with Gasteiger partial charge >= 0.3 is 18.2 Å². The molecule has 9 heteroatoms. The summed E-state index contributed by atoms with van der Waals surface area (Å²) in [5.74, 6) is -1.57.